The number of nitrogens with one attached hydrogen (secondary N) is 1. The van der Waals surface area contributed by atoms with E-state index in [-0.39, 0.29) is 6.10 Å². The van der Waals surface area contributed by atoms with Crippen molar-refractivity contribution in [2.45, 2.75) is 45.3 Å². The molecule has 0 amide bonds. The fraction of sp³-hybridized carbons (Fsp3) is 0.923. The van der Waals surface area contributed by atoms with Gasteiger partial charge in [-0.3, -0.25) is 0 Å². The van der Waals surface area contributed by atoms with Crippen molar-refractivity contribution in [1.82, 2.24) is 5.32 Å². The lowest BCUT2D eigenvalue weighted by Gasteiger charge is -2.12. The maximum absolute atomic E-state index is 10.7. The van der Waals surface area contributed by atoms with Crippen LogP contribution in [0.25, 0.3) is 0 Å². The SMILES string of the molecule is CC(C)CCOCCNCC1CCC(C(=O)O)O1. The Labute approximate surface area is 109 Å². The van der Waals surface area contributed by atoms with E-state index in [9.17, 15) is 4.79 Å². The van der Waals surface area contributed by atoms with Crippen LogP contribution in [-0.2, 0) is 14.3 Å². The summed E-state index contributed by atoms with van der Waals surface area (Å²) in [6.07, 6.45) is 1.94. The average molecular weight is 259 g/mol. The van der Waals surface area contributed by atoms with Crippen molar-refractivity contribution < 1.29 is 19.4 Å². The highest BCUT2D eigenvalue weighted by Gasteiger charge is 2.29. The number of hydrogen-bond acceptors (Lipinski definition) is 4. The first-order valence-electron chi connectivity index (χ1n) is 6.76. The number of carbonyl (C=O) groups is 1. The summed E-state index contributed by atoms with van der Waals surface area (Å²) in [5, 5.41) is 12.0. The van der Waals surface area contributed by atoms with E-state index in [1.54, 1.807) is 0 Å². The zero-order chi connectivity index (χ0) is 13.4. The van der Waals surface area contributed by atoms with Crippen LogP contribution in [-0.4, -0.2) is 49.6 Å². The van der Waals surface area contributed by atoms with Gasteiger partial charge in [0.15, 0.2) is 6.10 Å². The molecular formula is C13H25NO4. The number of ether oxygens (including phenoxy) is 2. The average Bonchev–Trinajstić information content (AvgIpc) is 2.76. The zero-order valence-corrected chi connectivity index (χ0v) is 11.4. The summed E-state index contributed by atoms with van der Waals surface area (Å²) in [5.74, 6) is -0.174. The molecule has 0 aromatic carbocycles. The predicted octanol–water partition coefficient (Wildman–Crippen LogP) is 1.27. The third-order valence-corrected chi connectivity index (χ3v) is 3.02. The molecule has 1 aliphatic heterocycles. The van der Waals surface area contributed by atoms with Gasteiger partial charge in [0.25, 0.3) is 0 Å². The third kappa shape index (κ3) is 6.33. The van der Waals surface area contributed by atoms with Crippen LogP contribution in [0.3, 0.4) is 0 Å². The molecule has 1 aliphatic rings. The summed E-state index contributed by atoms with van der Waals surface area (Å²) in [6.45, 7) is 7.35. The molecular weight excluding hydrogens is 234 g/mol. The van der Waals surface area contributed by atoms with Crippen LogP contribution in [0.5, 0.6) is 0 Å². The van der Waals surface area contributed by atoms with Crippen LogP contribution < -0.4 is 5.32 Å². The van der Waals surface area contributed by atoms with Crippen molar-refractivity contribution in [3.63, 3.8) is 0 Å². The van der Waals surface area contributed by atoms with Crippen LogP contribution in [0, 0.1) is 5.92 Å². The summed E-state index contributed by atoms with van der Waals surface area (Å²) in [4.78, 5) is 10.7. The van der Waals surface area contributed by atoms with Crippen LogP contribution >= 0.6 is 0 Å². The Morgan fingerprint density at radius 3 is 2.83 bits per heavy atom. The molecule has 1 saturated heterocycles. The summed E-state index contributed by atoms with van der Waals surface area (Å²) in [5.41, 5.74) is 0. The Morgan fingerprint density at radius 2 is 2.22 bits per heavy atom. The van der Waals surface area contributed by atoms with E-state index >= 15 is 0 Å². The van der Waals surface area contributed by atoms with Crippen molar-refractivity contribution in [2.75, 3.05) is 26.3 Å². The van der Waals surface area contributed by atoms with E-state index in [4.69, 9.17) is 14.6 Å². The molecule has 2 atom stereocenters. The highest BCUT2D eigenvalue weighted by molar-refractivity contribution is 5.72. The number of aliphatic carboxylic acids is 1. The molecule has 1 rings (SSSR count). The number of rotatable bonds is 9. The van der Waals surface area contributed by atoms with E-state index in [2.05, 4.69) is 19.2 Å². The summed E-state index contributed by atoms with van der Waals surface area (Å²) in [6, 6.07) is 0. The lowest BCUT2D eigenvalue weighted by atomic mass is 10.1. The van der Waals surface area contributed by atoms with E-state index in [0.717, 1.165) is 26.0 Å². The molecule has 0 saturated carbocycles. The second-order valence-corrected chi connectivity index (χ2v) is 5.16. The first-order chi connectivity index (χ1) is 8.59. The molecule has 106 valence electrons. The largest absolute Gasteiger partial charge is 0.479 e. The molecule has 0 aromatic rings. The first kappa shape index (κ1) is 15.4. The van der Waals surface area contributed by atoms with Gasteiger partial charge < -0.3 is 19.9 Å². The van der Waals surface area contributed by atoms with Gasteiger partial charge >= 0.3 is 5.97 Å². The Bertz CT molecular complexity index is 245. The maximum atomic E-state index is 10.7. The quantitative estimate of drug-likeness (QED) is 0.610. The van der Waals surface area contributed by atoms with E-state index in [0.29, 0.717) is 25.5 Å². The van der Waals surface area contributed by atoms with Gasteiger partial charge in [-0.05, 0) is 25.2 Å². The van der Waals surface area contributed by atoms with Crippen molar-refractivity contribution in [3.05, 3.63) is 0 Å². The zero-order valence-electron chi connectivity index (χ0n) is 11.4. The lowest BCUT2D eigenvalue weighted by Crippen LogP contribution is -2.31. The van der Waals surface area contributed by atoms with Gasteiger partial charge in [0, 0.05) is 19.7 Å². The minimum absolute atomic E-state index is 0.0294. The highest BCUT2D eigenvalue weighted by Crippen LogP contribution is 2.18. The van der Waals surface area contributed by atoms with E-state index in [1.807, 2.05) is 0 Å². The molecule has 1 heterocycles. The molecule has 0 aliphatic carbocycles. The molecule has 0 bridgehead atoms. The van der Waals surface area contributed by atoms with Crippen LogP contribution in [0.1, 0.15) is 33.1 Å². The van der Waals surface area contributed by atoms with Gasteiger partial charge in [0.2, 0.25) is 0 Å². The molecule has 5 heteroatoms. The lowest BCUT2D eigenvalue weighted by molar-refractivity contribution is -0.149. The minimum Gasteiger partial charge on any atom is -0.479 e. The van der Waals surface area contributed by atoms with Crippen LogP contribution in [0.15, 0.2) is 0 Å². The molecule has 1 fully saturated rings. The van der Waals surface area contributed by atoms with Gasteiger partial charge in [-0.1, -0.05) is 13.8 Å². The standard InChI is InChI=1S/C13H25NO4/c1-10(2)5-7-17-8-6-14-9-11-3-4-12(18-11)13(15)16/h10-12,14H,3-9H2,1-2H3,(H,15,16). The molecule has 0 spiro atoms. The van der Waals surface area contributed by atoms with Crippen molar-refractivity contribution >= 4 is 5.97 Å². The van der Waals surface area contributed by atoms with E-state index < -0.39 is 12.1 Å². The minimum atomic E-state index is -0.852. The van der Waals surface area contributed by atoms with E-state index in [1.165, 1.54) is 0 Å². The summed E-state index contributed by atoms with van der Waals surface area (Å²) in [7, 11) is 0. The van der Waals surface area contributed by atoms with Crippen molar-refractivity contribution in [3.8, 4) is 0 Å². The second kappa shape index (κ2) is 8.45. The third-order valence-electron chi connectivity index (χ3n) is 3.02. The van der Waals surface area contributed by atoms with Gasteiger partial charge in [-0.15, -0.1) is 0 Å². The first-order valence-corrected chi connectivity index (χ1v) is 6.76. The monoisotopic (exact) mass is 259 g/mol. The smallest absolute Gasteiger partial charge is 0.332 e. The second-order valence-electron chi connectivity index (χ2n) is 5.16. The van der Waals surface area contributed by atoms with Gasteiger partial charge in [0.1, 0.15) is 0 Å². The highest BCUT2D eigenvalue weighted by atomic mass is 16.5. The number of hydrogen-bond donors (Lipinski definition) is 2. The van der Waals surface area contributed by atoms with Gasteiger partial charge in [0.05, 0.1) is 12.7 Å². The molecule has 0 aromatic heterocycles. The van der Waals surface area contributed by atoms with Crippen LogP contribution in [0.2, 0.25) is 0 Å². The number of carboxylic acid groups (broad SMARTS) is 1. The maximum Gasteiger partial charge on any atom is 0.332 e. The molecule has 0 radical (unpaired) electrons. The van der Waals surface area contributed by atoms with Crippen LogP contribution in [0.4, 0.5) is 0 Å². The molecule has 18 heavy (non-hydrogen) atoms. The van der Waals surface area contributed by atoms with Crippen molar-refractivity contribution in [1.29, 1.82) is 0 Å². The van der Waals surface area contributed by atoms with Crippen molar-refractivity contribution in [2.24, 2.45) is 5.92 Å². The Kier molecular flexibility index (Phi) is 7.23. The summed E-state index contributed by atoms with van der Waals surface area (Å²) < 4.78 is 10.9. The Morgan fingerprint density at radius 1 is 1.44 bits per heavy atom. The molecule has 2 N–H and O–H groups in total. The summed E-state index contributed by atoms with van der Waals surface area (Å²) >= 11 is 0. The fourth-order valence-electron chi connectivity index (χ4n) is 1.87. The number of carboxylic acids is 1. The van der Waals surface area contributed by atoms with Gasteiger partial charge in [-0.25, -0.2) is 4.79 Å². The Balaban J connectivity index is 1.91. The van der Waals surface area contributed by atoms with Gasteiger partial charge in [-0.2, -0.15) is 0 Å². The molecule has 2 unspecified atom stereocenters. The molecule has 5 nitrogen and oxygen atoms in total. The normalized spacial score (nSPS) is 23.7. The predicted molar refractivity (Wildman–Crippen MR) is 68.7 cm³/mol. The Hall–Kier alpha value is -0.650. The topological polar surface area (TPSA) is 67.8 Å². The fourth-order valence-corrected chi connectivity index (χ4v) is 1.87.